The summed E-state index contributed by atoms with van der Waals surface area (Å²) in [6, 6.07) is 14.6. The molecular weight excluding hydrogens is 412 g/mol. The first-order chi connectivity index (χ1) is 14.8. The first-order valence-electron chi connectivity index (χ1n) is 10.8. The van der Waals surface area contributed by atoms with Gasteiger partial charge >= 0.3 is 0 Å². The first-order valence-corrected chi connectivity index (χ1v) is 12.2. The van der Waals surface area contributed by atoms with Gasteiger partial charge in [-0.1, -0.05) is 42.8 Å². The maximum atomic E-state index is 13.5. The molecule has 2 aromatic rings. The SMILES string of the molecule is COCCN(Cc1ccccc1)C(=O)c1cc(S(=O)(=O)N2CCCC[C@@H]2C)ccc1C. The molecule has 1 saturated heterocycles. The summed E-state index contributed by atoms with van der Waals surface area (Å²) in [4.78, 5) is 15.3. The summed E-state index contributed by atoms with van der Waals surface area (Å²) in [6.45, 7) is 5.56. The second-order valence-corrected chi connectivity index (χ2v) is 10.0. The molecular formula is C24H32N2O4S. The standard InChI is InChI=1S/C24H32N2O4S/c1-19-12-13-22(31(28,29)26-14-8-7-9-20(26)2)17-23(19)24(27)25(15-16-30-3)18-21-10-5-4-6-11-21/h4-6,10-13,17,20H,7-9,14-16,18H2,1-3H3/t20-/m0/s1. The molecule has 1 aliphatic rings. The van der Waals surface area contributed by atoms with Gasteiger partial charge in [-0.15, -0.1) is 0 Å². The summed E-state index contributed by atoms with van der Waals surface area (Å²) < 4.78 is 33.4. The van der Waals surface area contributed by atoms with Crippen molar-refractivity contribution in [1.29, 1.82) is 0 Å². The van der Waals surface area contributed by atoms with Crippen LogP contribution >= 0.6 is 0 Å². The Labute approximate surface area is 185 Å². The van der Waals surface area contributed by atoms with Gasteiger partial charge in [0.1, 0.15) is 0 Å². The minimum absolute atomic E-state index is 0.0320. The van der Waals surface area contributed by atoms with E-state index >= 15 is 0 Å². The molecule has 0 aromatic heterocycles. The summed E-state index contributed by atoms with van der Waals surface area (Å²) in [5, 5.41) is 0. The van der Waals surface area contributed by atoms with E-state index in [1.165, 1.54) is 0 Å². The summed E-state index contributed by atoms with van der Waals surface area (Å²) in [6.07, 6.45) is 2.76. The van der Waals surface area contributed by atoms with E-state index in [0.717, 1.165) is 30.4 Å². The largest absolute Gasteiger partial charge is 0.383 e. The average molecular weight is 445 g/mol. The number of benzene rings is 2. The van der Waals surface area contributed by atoms with Crippen molar-refractivity contribution >= 4 is 15.9 Å². The van der Waals surface area contributed by atoms with Crippen LogP contribution in [0.1, 0.15) is 47.7 Å². The lowest BCUT2D eigenvalue weighted by Gasteiger charge is -2.32. The number of carbonyl (C=O) groups is 1. The molecule has 0 spiro atoms. The predicted molar refractivity (Wildman–Crippen MR) is 121 cm³/mol. The fourth-order valence-electron chi connectivity index (χ4n) is 3.98. The van der Waals surface area contributed by atoms with Gasteiger partial charge in [0, 0.05) is 38.3 Å². The summed E-state index contributed by atoms with van der Waals surface area (Å²) >= 11 is 0. The summed E-state index contributed by atoms with van der Waals surface area (Å²) in [5.74, 6) is -0.192. The van der Waals surface area contributed by atoms with E-state index in [2.05, 4.69) is 0 Å². The third kappa shape index (κ3) is 5.53. The predicted octanol–water partition coefficient (Wildman–Crippen LogP) is 3.85. The van der Waals surface area contributed by atoms with Gasteiger partial charge in [0.05, 0.1) is 11.5 Å². The quantitative estimate of drug-likeness (QED) is 0.620. The van der Waals surface area contributed by atoms with Gasteiger partial charge < -0.3 is 9.64 Å². The van der Waals surface area contributed by atoms with Crippen LogP contribution in [0.5, 0.6) is 0 Å². The Kier molecular flexibility index (Phi) is 7.86. The van der Waals surface area contributed by atoms with Gasteiger partial charge in [-0.25, -0.2) is 8.42 Å². The highest BCUT2D eigenvalue weighted by Gasteiger charge is 2.32. The number of piperidine rings is 1. The molecule has 6 nitrogen and oxygen atoms in total. The molecule has 1 amide bonds. The highest BCUT2D eigenvalue weighted by Crippen LogP contribution is 2.27. The van der Waals surface area contributed by atoms with Crippen LogP contribution in [0.4, 0.5) is 0 Å². The minimum Gasteiger partial charge on any atom is -0.383 e. The Morgan fingerprint density at radius 2 is 1.90 bits per heavy atom. The smallest absolute Gasteiger partial charge is 0.254 e. The molecule has 0 bridgehead atoms. The van der Waals surface area contributed by atoms with Gasteiger partial charge in [0.2, 0.25) is 10.0 Å². The van der Waals surface area contributed by atoms with Gasteiger partial charge in [0.25, 0.3) is 5.91 Å². The number of carbonyl (C=O) groups excluding carboxylic acids is 1. The molecule has 0 unspecified atom stereocenters. The number of sulfonamides is 1. The number of aryl methyl sites for hydroxylation is 1. The summed E-state index contributed by atoms with van der Waals surface area (Å²) in [7, 11) is -2.05. The van der Waals surface area contributed by atoms with Crippen LogP contribution in [-0.2, 0) is 21.3 Å². The molecule has 0 radical (unpaired) electrons. The van der Waals surface area contributed by atoms with Gasteiger partial charge in [-0.2, -0.15) is 4.31 Å². The second-order valence-electron chi connectivity index (χ2n) is 8.14. The van der Waals surface area contributed by atoms with Crippen molar-refractivity contribution < 1.29 is 17.9 Å². The zero-order valence-electron chi connectivity index (χ0n) is 18.6. The Morgan fingerprint density at radius 3 is 2.58 bits per heavy atom. The maximum Gasteiger partial charge on any atom is 0.254 e. The normalized spacial score (nSPS) is 17.5. The van der Waals surface area contributed by atoms with Crippen molar-refractivity contribution in [2.24, 2.45) is 0 Å². The number of hydrogen-bond acceptors (Lipinski definition) is 4. The van der Waals surface area contributed by atoms with E-state index in [4.69, 9.17) is 4.74 Å². The van der Waals surface area contributed by atoms with Crippen molar-refractivity contribution in [3.63, 3.8) is 0 Å². The van der Waals surface area contributed by atoms with Crippen molar-refractivity contribution in [3.05, 3.63) is 65.2 Å². The van der Waals surface area contributed by atoms with Crippen LogP contribution in [0.2, 0.25) is 0 Å². The summed E-state index contributed by atoms with van der Waals surface area (Å²) in [5.41, 5.74) is 2.18. The van der Waals surface area contributed by atoms with E-state index in [-0.39, 0.29) is 16.8 Å². The second kappa shape index (κ2) is 10.4. The van der Waals surface area contributed by atoms with E-state index in [1.807, 2.05) is 44.2 Å². The van der Waals surface area contributed by atoms with Gasteiger partial charge in [-0.05, 0) is 49.9 Å². The van der Waals surface area contributed by atoms with E-state index < -0.39 is 10.0 Å². The number of ether oxygens (including phenoxy) is 1. The molecule has 3 rings (SSSR count). The van der Waals surface area contributed by atoms with E-state index in [9.17, 15) is 13.2 Å². The average Bonchev–Trinajstić information content (AvgIpc) is 2.77. The topological polar surface area (TPSA) is 66.9 Å². The lowest BCUT2D eigenvalue weighted by atomic mass is 10.1. The molecule has 168 valence electrons. The molecule has 0 saturated carbocycles. The molecule has 1 aliphatic heterocycles. The van der Waals surface area contributed by atoms with Crippen LogP contribution in [0.15, 0.2) is 53.4 Å². The number of amides is 1. The monoisotopic (exact) mass is 444 g/mol. The molecule has 0 N–H and O–H groups in total. The molecule has 1 atom stereocenters. The lowest BCUT2D eigenvalue weighted by molar-refractivity contribution is 0.0679. The van der Waals surface area contributed by atoms with Crippen LogP contribution < -0.4 is 0 Å². The fourth-order valence-corrected chi connectivity index (χ4v) is 5.71. The molecule has 1 heterocycles. The first kappa shape index (κ1) is 23.4. The third-order valence-electron chi connectivity index (χ3n) is 5.86. The molecule has 7 heteroatoms. The van der Waals surface area contributed by atoms with Crippen molar-refractivity contribution in [2.75, 3.05) is 26.8 Å². The minimum atomic E-state index is -3.65. The van der Waals surface area contributed by atoms with Gasteiger partial charge in [-0.3, -0.25) is 4.79 Å². The van der Waals surface area contributed by atoms with E-state index in [1.54, 1.807) is 34.5 Å². The fraction of sp³-hybridized carbons (Fsp3) is 0.458. The van der Waals surface area contributed by atoms with E-state index in [0.29, 0.717) is 31.8 Å². The highest BCUT2D eigenvalue weighted by atomic mass is 32.2. The zero-order chi connectivity index (χ0) is 22.4. The van der Waals surface area contributed by atoms with Gasteiger partial charge in [0.15, 0.2) is 0 Å². The Morgan fingerprint density at radius 1 is 1.16 bits per heavy atom. The Bertz CT molecular complexity index is 992. The molecule has 1 fully saturated rings. The Balaban J connectivity index is 1.92. The van der Waals surface area contributed by atoms with Crippen LogP contribution in [0, 0.1) is 6.92 Å². The number of methoxy groups -OCH3 is 1. The van der Waals surface area contributed by atoms with Crippen LogP contribution in [0.3, 0.4) is 0 Å². The molecule has 31 heavy (non-hydrogen) atoms. The number of nitrogens with zero attached hydrogens (tertiary/aromatic N) is 2. The number of rotatable bonds is 8. The van der Waals surface area contributed by atoms with Crippen molar-refractivity contribution in [1.82, 2.24) is 9.21 Å². The van der Waals surface area contributed by atoms with Crippen molar-refractivity contribution in [3.8, 4) is 0 Å². The Hall–Kier alpha value is -2.22. The van der Waals surface area contributed by atoms with Crippen molar-refractivity contribution in [2.45, 2.75) is 50.6 Å². The maximum absolute atomic E-state index is 13.5. The molecule has 2 aromatic carbocycles. The molecule has 0 aliphatic carbocycles. The third-order valence-corrected chi connectivity index (χ3v) is 7.87. The van der Waals surface area contributed by atoms with Crippen LogP contribution in [-0.4, -0.2) is 56.4 Å². The number of hydrogen-bond donors (Lipinski definition) is 0. The zero-order valence-corrected chi connectivity index (χ0v) is 19.4. The highest BCUT2D eigenvalue weighted by molar-refractivity contribution is 7.89. The lowest BCUT2D eigenvalue weighted by Crippen LogP contribution is -2.42. The van der Waals surface area contributed by atoms with Crippen LogP contribution in [0.25, 0.3) is 0 Å².